The van der Waals surface area contributed by atoms with Gasteiger partial charge in [0.15, 0.2) is 0 Å². The van der Waals surface area contributed by atoms with Crippen LogP contribution in [0.4, 0.5) is 0 Å². The second-order valence-corrected chi connectivity index (χ2v) is 3.44. The van der Waals surface area contributed by atoms with Gasteiger partial charge in [0.05, 0.1) is 5.56 Å². The Morgan fingerprint density at radius 1 is 1.31 bits per heavy atom. The van der Waals surface area contributed by atoms with Gasteiger partial charge in [-0.3, -0.25) is 4.79 Å². The van der Waals surface area contributed by atoms with E-state index in [2.05, 4.69) is 0 Å². The molecule has 1 aromatic rings. The summed E-state index contributed by atoms with van der Waals surface area (Å²) in [6.07, 6.45) is 2.02. The second kappa shape index (κ2) is 4.18. The number of esters is 1. The molecule has 0 atom stereocenters. The molecule has 0 bridgehead atoms. The van der Waals surface area contributed by atoms with E-state index in [-0.39, 0.29) is 12.4 Å². The van der Waals surface area contributed by atoms with Gasteiger partial charge in [0.25, 0.3) is 0 Å². The molecule has 0 spiro atoms. The summed E-state index contributed by atoms with van der Waals surface area (Å²) in [5.74, 6) is -0.784. The summed E-state index contributed by atoms with van der Waals surface area (Å²) in [4.78, 5) is 21.7. The van der Waals surface area contributed by atoms with E-state index >= 15 is 0 Å². The zero-order valence-corrected chi connectivity index (χ0v) is 8.47. The van der Waals surface area contributed by atoms with Gasteiger partial charge in [0, 0.05) is 12.0 Å². The first kappa shape index (κ1) is 10.4. The van der Waals surface area contributed by atoms with Gasteiger partial charge in [-0.25, -0.2) is 4.79 Å². The van der Waals surface area contributed by atoms with Crippen molar-refractivity contribution in [1.82, 2.24) is 0 Å². The fourth-order valence-corrected chi connectivity index (χ4v) is 1.56. The number of allylic oxidation sites excluding steroid dienone is 1. The third kappa shape index (κ3) is 1.95. The lowest BCUT2D eigenvalue weighted by Crippen LogP contribution is -1.93. The van der Waals surface area contributed by atoms with E-state index in [1.807, 2.05) is 6.07 Å². The van der Waals surface area contributed by atoms with Crippen LogP contribution in [0.1, 0.15) is 28.8 Å². The van der Waals surface area contributed by atoms with Crippen LogP contribution >= 0.6 is 0 Å². The van der Waals surface area contributed by atoms with Crippen molar-refractivity contribution >= 4 is 17.7 Å². The molecule has 1 aliphatic heterocycles. The normalized spacial score (nSPS) is 16.0. The molecule has 0 amide bonds. The smallest absolute Gasteiger partial charge is 0.344 e. The molecule has 4 heteroatoms. The summed E-state index contributed by atoms with van der Waals surface area (Å²) in [6.45, 7) is 0. The minimum Gasteiger partial charge on any atom is -0.481 e. The maximum atomic E-state index is 11.4. The van der Waals surface area contributed by atoms with Crippen molar-refractivity contribution in [2.45, 2.75) is 12.8 Å². The molecular weight excluding hydrogens is 208 g/mol. The molecule has 0 unspecified atom stereocenters. The number of ether oxygens (including phenoxy) is 1. The molecule has 0 fully saturated rings. The standard InChI is InChI=1S/C12H10O4/c13-11(14)7-3-6-10-8-4-1-2-5-9(8)12(15)16-10/h1-2,4-6H,3,7H2,(H,13,14)/b10-6+. The first-order valence-corrected chi connectivity index (χ1v) is 4.92. The third-order valence-corrected chi connectivity index (χ3v) is 2.30. The molecule has 1 N–H and O–H groups in total. The largest absolute Gasteiger partial charge is 0.481 e. The zero-order chi connectivity index (χ0) is 11.5. The maximum absolute atomic E-state index is 11.4. The van der Waals surface area contributed by atoms with Crippen molar-refractivity contribution in [3.63, 3.8) is 0 Å². The maximum Gasteiger partial charge on any atom is 0.344 e. The van der Waals surface area contributed by atoms with Crippen LogP contribution in [0.15, 0.2) is 30.3 Å². The van der Waals surface area contributed by atoms with Crippen molar-refractivity contribution in [3.05, 3.63) is 41.5 Å². The van der Waals surface area contributed by atoms with Crippen LogP contribution in [-0.4, -0.2) is 17.0 Å². The van der Waals surface area contributed by atoms with E-state index in [4.69, 9.17) is 9.84 Å². The van der Waals surface area contributed by atoms with Crippen LogP contribution in [0.2, 0.25) is 0 Å². The van der Waals surface area contributed by atoms with Crippen LogP contribution in [0.3, 0.4) is 0 Å². The molecule has 0 saturated heterocycles. The molecule has 4 nitrogen and oxygen atoms in total. The first-order valence-electron chi connectivity index (χ1n) is 4.92. The van der Waals surface area contributed by atoms with E-state index in [9.17, 15) is 9.59 Å². The Kier molecular flexibility index (Phi) is 2.72. The van der Waals surface area contributed by atoms with E-state index in [0.29, 0.717) is 17.7 Å². The number of hydrogen-bond donors (Lipinski definition) is 1. The molecular formula is C12H10O4. The van der Waals surface area contributed by atoms with Crippen molar-refractivity contribution in [1.29, 1.82) is 0 Å². The Morgan fingerprint density at radius 3 is 2.69 bits per heavy atom. The number of carbonyl (C=O) groups is 2. The third-order valence-electron chi connectivity index (χ3n) is 2.30. The number of benzene rings is 1. The highest BCUT2D eigenvalue weighted by Gasteiger charge is 2.25. The lowest BCUT2D eigenvalue weighted by atomic mass is 10.1. The van der Waals surface area contributed by atoms with E-state index in [1.54, 1.807) is 24.3 Å². The molecule has 2 rings (SSSR count). The highest BCUT2D eigenvalue weighted by Crippen LogP contribution is 2.29. The molecule has 1 aliphatic rings. The van der Waals surface area contributed by atoms with Crippen molar-refractivity contribution in [3.8, 4) is 0 Å². The Morgan fingerprint density at radius 2 is 2.00 bits per heavy atom. The second-order valence-electron chi connectivity index (χ2n) is 3.44. The Bertz CT molecular complexity index is 474. The number of hydrogen-bond acceptors (Lipinski definition) is 3. The van der Waals surface area contributed by atoms with Crippen LogP contribution in [0.25, 0.3) is 5.76 Å². The van der Waals surface area contributed by atoms with Crippen LogP contribution < -0.4 is 0 Å². The van der Waals surface area contributed by atoms with Gasteiger partial charge in [0.2, 0.25) is 0 Å². The highest BCUT2D eigenvalue weighted by molar-refractivity contribution is 6.02. The summed E-state index contributed by atoms with van der Waals surface area (Å²) in [5.41, 5.74) is 1.27. The number of cyclic esters (lactones) is 1. The van der Waals surface area contributed by atoms with Crippen molar-refractivity contribution in [2.24, 2.45) is 0 Å². The SMILES string of the molecule is O=C(O)CC/C=C1/OC(=O)c2ccccc21. The zero-order valence-electron chi connectivity index (χ0n) is 8.47. The summed E-state index contributed by atoms with van der Waals surface area (Å²) < 4.78 is 5.04. The Hall–Kier alpha value is -2.10. The van der Waals surface area contributed by atoms with Crippen LogP contribution in [0, 0.1) is 0 Å². The summed E-state index contributed by atoms with van der Waals surface area (Å²) in [6, 6.07) is 7.05. The van der Waals surface area contributed by atoms with Gasteiger partial charge < -0.3 is 9.84 Å². The average molecular weight is 218 g/mol. The lowest BCUT2D eigenvalue weighted by molar-refractivity contribution is -0.136. The van der Waals surface area contributed by atoms with Crippen LogP contribution in [0.5, 0.6) is 0 Å². The topological polar surface area (TPSA) is 63.6 Å². The number of carboxylic acids is 1. The summed E-state index contributed by atoms with van der Waals surface area (Å²) in [5, 5.41) is 8.50. The molecule has 0 aromatic heterocycles. The number of rotatable bonds is 3. The van der Waals surface area contributed by atoms with Gasteiger partial charge in [-0.05, 0) is 18.6 Å². The molecule has 0 saturated carbocycles. The van der Waals surface area contributed by atoms with Crippen LogP contribution in [-0.2, 0) is 9.53 Å². The summed E-state index contributed by atoms with van der Waals surface area (Å²) in [7, 11) is 0. The van der Waals surface area contributed by atoms with Gasteiger partial charge >= 0.3 is 11.9 Å². The molecule has 1 heterocycles. The average Bonchev–Trinajstić information content (AvgIpc) is 2.57. The van der Waals surface area contributed by atoms with Gasteiger partial charge in [0.1, 0.15) is 5.76 Å². The van der Waals surface area contributed by atoms with E-state index < -0.39 is 5.97 Å². The predicted molar refractivity (Wildman–Crippen MR) is 56.7 cm³/mol. The summed E-state index contributed by atoms with van der Waals surface area (Å²) >= 11 is 0. The highest BCUT2D eigenvalue weighted by atomic mass is 16.5. The monoisotopic (exact) mass is 218 g/mol. The fraction of sp³-hybridized carbons (Fsp3) is 0.167. The number of carbonyl (C=O) groups excluding carboxylic acids is 1. The lowest BCUT2D eigenvalue weighted by Gasteiger charge is -1.97. The Labute approximate surface area is 92.2 Å². The molecule has 82 valence electrons. The minimum atomic E-state index is -0.866. The van der Waals surface area contributed by atoms with E-state index in [0.717, 1.165) is 5.56 Å². The minimum absolute atomic E-state index is 0.0310. The fourth-order valence-electron chi connectivity index (χ4n) is 1.56. The van der Waals surface area contributed by atoms with Crippen molar-refractivity contribution in [2.75, 3.05) is 0 Å². The number of aliphatic carboxylic acids is 1. The molecule has 16 heavy (non-hydrogen) atoms. The molecule has 1 aromatic carbocycles. The van der Waals surface area contributed by atoms with E-state index in [1.165, 1.54) is 0 Å². The van der Waals surface area contributed by atoms with Gasteiger partial charge in [-0.15, -0.1) is 0 Å². The van der Waals surface area contributed by atoms with Crippen molar-refractivity contribution < 1.29 is 19.4 Å². The molecule has 0 radical (unpaired) electrons. The number of fused-ring (bicyclic) bond motifs is 1. The predicted octanol–water partition coefficient (Wildman–Crippen LogP) is 2.06. The van der Waals surface area contributed by atoms with Gasteiger partial charge in [-0.2, -0.15) is 0 Å². The first-order chi connectivity index (χ1) is 7.68. The quantitative estimate of drug-likeness (QED) is 0.789. The molecule has 0 aliphatic carbocycles. The van der Waals surface area contributed by atoms with Gasteiger partial charge in [-0.1, -0.05) is 18.2 Å². The Balaban J connectivity index is 2.20. The number of carboxylic acid groups (broad SMARTS) is 1.